The topological polar surface area (TPSA) is 69.6 Å². The van der Waals surface area contributed by atoms with Crippen LogP contribution in [0, 0.1) is 5.82 Å². The second-order valence-corrected chi connectivity index (χ2v) is 6.85. The molecule has 1 atom stereocenters. The summed E-state index contributed by atoms with van der Waals surface area (Å²) in [4.78, 5) is 24.4. The van der Waals surface area contributed by atoms with Gasteiger partial charge in [0.1, 0.15) is 5.82 Å². The Balaban J connectivity index is 1.60. The van der Waals surface area contributed by atoms with Crippen molar-refractivity contribution in [3.05, 3.63) is 54.1 Å². The first-order valence-electron chi connectivity index (χ1n) is 8.68. The first-order valence-corrected chi connectivity index (χ1v) is 8.68. The minimum absolute atomic E-state index is 0.113. The fraction of sp³-hybridized carbons (Fsp3) is 0.421. The van der Waals surface area contributed by atoms with Crippen molar-refractivity contribution in [2.24, 2.45) is 0 Å². The van der Waals surface area contributed by atoms with Gasteiger partial charge < -0.3 is 14.9 Å². The molecule has 3 rings (SSSR count). The van der Waals surface area contributed by atoms with E-state index in [-0.39, 0.29) is 24.7 Å². The number of piperidine rings is 1. The molecule has 1 N–H and O–H groups in total. The van der Waals surface area contributed by atoms with Crippen LogP contribution in [0.15, 0.2) is 42.7 Å². The van der Waals surface area contributed by atoms with Crippen molar-refractivity contribution >= 4 is 11.9 Å². The molecule has 1 aliphatic rings. The molecule has 0 bridgehead atoms. The maximum Gasteiger partial charge on any atom is 0.226 e. The lowest BCUT2D eigenvalue weighted by atomic mass is 9.92. The van der Waals surface area contributed by atoms with Gasteiger partial charge in [-0.25, -0.2) is 14.4 Å². The Hall–Kier alpha value is -2.54. The second kappa shape index (κ2) is 7.78. The third-order valence-corrected chi connectivity index (χ3v) is 4.62. The number of halogens is 1. The summed E-state index contributed by atoms with van der Waals surface area (Å²) in [5.41, 5.74) is -0.261. The van der Waals surface area contributed by atoms with Gasteiger partial charge in [0, 0.05) is 26.0 Å². The zero-order valence-corrected chi connectivity index (χ0v) is 14.8. The number of benzene rings is 1. The quantitative estimate of drug-likeness (QED) is 0.880. The predicted molar refractivity (Wildman–Crippen MR) is 96.2 cm³/mol. The maximum absolute atomic E-state index is 13.0. The van der Waals surface area contributed by atoms with Gasteiger partial charge in [-0.15, -0.1) is 0 Å². The molecule has 26 heavy (non-hydrogen) atoms. The fourth-order valence-electron chi connectivity index (χ4n) is 3.31. The lowest BCUT2D eigenvalue weighted by Gasteiger charge is -2.41. The number of β-amino-alcohol motifs (C(OH)–C–C–N with tert-alkyl or cyclic N) is 1. The van der Waals surface area contributed by atoms with E-state index >= 15 is 0 Å². The van der Waals surface area contributed by atoms with E-state index in [1.165, 1.54) is 12.1 Å². The highest BCUT2D eigenvalue weighted by Crippen LogP contribution is 2.24. The molecule has 1 aromatic carbocycles. The van der Waals surface area contributed by atoms with Gasteiger partial charge in [0.2, 0.25) is 11.9 Å². The van der Waals surface area contributed by atoms with Crippen LogP contribution in [0.2, 0.25) is 0 Å². The lowest BCUT2D eigenvalue weighted by molar-refractivity contribution is -0.132. The van der Waals surface area contributed by atoms with Crippen LogP contribution in [0.3, 0.4) is 0 Å². The maximum atomic E-state index is 13.0. The van der Waals surface area contributed by atoms with E-state index in [1.807, 2.05) is 4.90 Å². The van der Waals surface area contributed by atoms with Crippen LogP contribution >= 0.6 is 0 Å². The first kappa shape index (κ1) is 18.3. The van der Waals surface area contributed by atoms with Crippen molar-refractivity contribution in [3.63, 3.8) is 0 Å². The number of hydrogen-bond acceptors (Lipinski definition) is 5. The van der Waals surface area contributed by atoms with Gasteiger partial charge in [0.15, 0.2) is 0 Å². The molecule has 2 heterocycles. The largest absolute Gasteiger partial charge is 0.386 e. The van der Waals surface area contributed by atoms with Gasteiger partial charge in [0.05, 0.1) is 25.1 Å². The van der Waals surface area contributed by atoms with E-state index < -0.39 is 5.60 Å². The molecule has 0 spiro atoms. The van der Waals surface area contributed by atoms with E-state index in [4.69, 9.17) is 0 Å². The predicted octanol–water partition coefficient (Wildman–Crippen LogP) is 1.65. The second-order valence-electron chi connectivity index (χ2n) is 6.85. The molecule has 0 aliphatic carbocycles. The van der Waals surface area contributed by atoms with Gasteiger partial charge in [-0.05, 0) is 36.6 Å². The molecule has 0 saturated carbocycles. The Morgan fingerprint density at radius 1 is 1.31 bits per heavy atom. The van der Waals surface area contributed by atoms with Crippen molar-refractivity contribution in [2.45, 2.75) is 24.9 Å². The summed E-state index contributed by atoms with van der Waals surface area (Å²) in [7, 11) is 1.68. The molecule has 7 heteroatoms. The first-order chi connectivity index (χ1) is 12.5. The van der Waals surface area contributed by atoms with Crippen molar-refractivity contribution in [1.82, 2.24) is 14.9 Å². The number of carbonyl (C=O) groups excluding carboxylic acids is 1. The van der Waals surface area contributed by atoms with Crippen molar-refractivity contribution in [2.75, 3.05) is 31.6 Å². The van der Waals surface area contributed by atoms with E-state index in [9.17, 15) is 14.3 Å². The minimum Gasteiger partial charge on any atom is -0.386 e. The van der Waals surface area contributed by atoms with Gasteiger partial charge >= 0.3 is 0 Å². The molecular weight excluding hydrogens is 335 g/mol. The zero-order valence-electron chi connectivity index (χ0n) is 14.8. The molecule has 0 unspecified atom stereocenters. The normalized spacial score (nSPS) is 20.0. The standard InChI is InChI=1S/C19H23FN4O2/c1-23(17(25)12-15-4-6-16(20)7-5-15)13-19(26)8-2-11-24(14-19)18-21-9-3-10-22-18/h3-7,9-10,26H,2,8,11-14H2,1H3/t19-/m0/s1. The van der Waals surface area contributed by atoms with E-state index in [0.29, 0.717) is 18.9 Å². The Labute approximate surface area is 152 Å². The molecular formula is C19H23FN4O2. The summed E-state index contributed by atoms with van der Waals surface area (Å²) in [5, 5.41) is 11.0. The Morgan fingerprint density at radius 2 is 2.00 bits per heavy atom. The zero-order chi connectivity index (χ0) is 18.6. The Kier molecular flexibility index (Phi) is 5.46. The Morgan fingerprint density at radius 3 is 2.69 bits per heavy atom. The molecule has 1 aliphatic heterocycles. The number of carbonyl (C=O) groups is 1. The summed E-state index contributed by atoms with van der Waals surface area (Å²) < 4.78 is 13.0. The smallest absolute Gasteiger partial charge is 0.226 e. The van der Waals surface area contributed by atoms with Crippen LogP contribution in [0.25, 0.3) is 0 Å². The van der Waals surface area contributed by atoms with Crippen LogP contribution in [-0.2, 0) is 11.2 Å². The van der Waals surface area contributed by atoms with Gasteiger partial charge in [-0.2, -0.15) is 0 Å². The summed E-state index contributed by atoms with van der Waals surface area (Å²) >= 11 is 0. The highest BCUT2D eigenvalue weighted by atomic mass is 19.1. The van der Waals surface area contributed by atoms with E-state index in [0.717, 1.165) is 18.5 Å². The molecule has 6 nitrogen and oxygen atoms in total. The monoisotopic (exact) mass is 358 g/mol. The number of aromatic nitrogens is 2. The SMILES string of the molecule is CN(C[C@@]1(O)CCCN(c2ncccn2)C1)C(=O)Cc1ccc(F)cc1. The molecule has 1 fully saturated rings. The summed E-state index contributed by atoms with van der Waals surface area (Å²) in [5.74, 6) is 0.151. The van der Waals surface area contributed by atoms with Gasteiger partial charge in [-0.1, -0.05) is 12.1 Å². The van der Waals surface area contributed by atoms with Crippen molar-refractivity contribution < 1.29 is 14.3 Å². The molecule has 138 valence electrons. The van der Waals surface area contributed by atoms with Gasteiger partial charge in [0.25, 0.3) is 0 Å². The van der Waals surface area contributed by atoms with Crippen molar-refractivity contribution in [1.29, 1.82) is 0 Å². The number of aliphatic hydroxyl groups is 1. The van der Waals surface area contributed by atoms with E-state index in [2.05, 4.69) is 9.97 Å². The van der Waals surface area contributed by atoms with Crippen molar-refractivity contribution in [3.8, 4) is 0 Å². The number of nitrogens with zero attached hydrogens (tertiary/aromatic N) is 4. The molecule has 1 aromatic heterocycles. The van der Waals surface area contributed by atoms with Crippen LogP contribution in [0.5, 0.6) is 0 Å². The average molecular weight is 358 g/mol. The third-order valence-electron chi connectivity index (χ3n) is 4.62. The Bertz CT molecular complexity index is 741. The molecule has 1 saturated heterocycles. The summed E-state index contributed by atoms with van der Waals surface area (Å²) in [6, 6.07) is 7.64. The number of anilines is 1. The van der Waals surface area contributed by atoms with Crippen LogP contribution in [0.4, 0.5) is 10.3 Å². The number of likely N-dealkylation sites (N-methyl/N-ethyl adjacent to an activating group) is 1. The molecule has 2 aromatic rings. The fourth-order valence-corrected chi connectivity index (χ4v) is 3.31. The molecule has 1 amide bonds. The van der Waals surface area contributed by atoms with Gasteiger partial charge in [-0.3, -0.25) is 4.79 Å². The highest BCUT2D eigenvalue weighted by Gasteiger charge is 2.36. The summed E-state index contributed by atoms with van der Waals surface area (Å²) in [6.07, 6.45) is 4.94. The van der Waals surface area contributed by atoms with Crippen LogP contribution in [0.1, 0.15) is 18.4 Å². The summed E-state index contributed by atoms with van der Waals surface area (Å²) in [6.45, 7) is 1.39. The minimum atomic E-state index is -1.01. The molecule has 0 radical (unpaired) electrons. The number of hydrogen-bond donors (Lipinski definition) is 1. The lowest BCUT2D eigenvalue weighted by Crippen LogP contribution is -2.55. The highest BCUT2D eigenvalue weighted by molar-refractivity contribution is 5.78. The average Bonchev–Trinajstić information content (AvgIpc) is 2.64. The van der Waals surface area contributed by atoms with Crippen LogP contribution in [-0.4, -0.2) is 58.2 Å². The number of amides is 1. The van der Waals surface area contributed by atoms with Crippen LogP contribution < -0.4 is 4.90 Å². The number of rotatable bonds is 5. The third kappa shape index (κ3) is 4.54. The van der Waals surface area contributed by atoms with E-state index in [1.54, 1.807) is 42.5 Å².